The molecule has 0 unspecified atom stereocenters. The molecule has 0 aliphatic carbocycles. The van der Waals surface area contributed by atoms with E-state index >= 15 is 0 Å². The fraction of sp³-hybridized carbons (Fsp3) is 0. The fourth-order valence-corrected chi connectivity index (χ4v) is 2.31. The zero-order valence-corrected chi connectivity index (χ0v) is 11.0. The largest absolute Gasteiger partial charge is 0.508 e. The highest BCUT2D eigenvalue weighted by Gasteiger charge is 2.07. The van der Waals surface area contributed by atoms with Crippen molar-refractivity contribution in [3.05, 3.63) is 72.8 Å². The highest BCUT2D eigenvalue weighted by Crippen LogP contribution is 2.34. The van der Waals surface area contributed by atoms with Crippen LogP contribution in [0.2, 0.25) is 0 Å². The minimum absolute atomic E-state index is 0.263. The number of rotatable bonds is 2. The molecule has 0 atom stereocenters. The summed E-state index contributed by atoms with van der Waals surface area (Å²) >= 11 is 0. The van der Waals surface area contributed by atoms with Crippen molar-refractivity contribution in [2.75, 3.05) is 5.73 Å². The topological polar surface area (TPSA) is 46.2 Å². The molecule has 20 heavy (non-hydrogen) atoms. The van der Waals surface area contributed by atoms with E-state index in [-0.39, 0.29) is 5.75 Å². The number of hydrogen-bond donors (Lipinski definition) is 2. The van der Waals surface area contributed by atoms with E-state index in [4.69, 9.17) is 5.73 Å². The van der Waals surface area contributed by atoms with Crippen molar-refractivity contribution in [2.24, 2.45) is 0 Å². The van der Waals surface area contributed by atoms with E-state index in [0.717, 1.165) is 27.9 Å². The Kier molecular flexibility index (Phi) is 3.13. The number of anilines is 1. The normalized spacial score (nSPS) is 10.4. The summed E-state index contributed by atoms with van der Waals surface area (Å²) < 4.78 is 0. The number of nitrogens with two attached hydrogens (primary N) is 1. The molecule has 0 radical (unpaired) electrons. The van der Waals surface area contributed by atoms with Crippen LogP contribution < -0.4 is 5.73 Å². The number of nitrogen functional groups attached to an aromatic ring is 1. The molecular formula is C18H15NO. The molecule has 0 saturated carbocycles. The molecule has 0 aliphatic rings. The Balaban J connectivity index is 2.19. The van der Waals surface area contributed by atoms with Crippen LogP contribution >= 0.6 is 0 Å². The first-order valence-electron chi connectivity index (χ1n) is 6.48. The molecule has 0 amide bonds. The van der Waals surface area contributed by atoms with E-state index in [2.05, 4.69) is 12.1 Å². The summed E-state index contributed by atoms with van der Waals surface area (Å²) in [6.07, 6.45) is 0. The second kappa shape index (κ2) is 5.10. The van der Waals surface area contributed by atoms with E-state index in [0.29, 0.717) is 0 Å². The van der Waals surface area contributed by atoms with E-state index in [1.54, 1.807) is 12.1 Å². The number of aromatic hydroxyl groups is 1. The van der Waals surface area contributed by atoms with Crippen molar-refractivity contribution in [1.29, 1.82) is 0 Å². The minimum Gasteiger partial charge on any atom is -0.508 e. The molecule has 3 aromatic rings. The first kappa shape index (κ1) is 12.3. The summed E-state index contributed by atoms with van der Waals surface area (Å²) in [6, 6.07) is 23.3. The van der Waals surface area contributed by atoms with Gasteiger partial charge in [0.2, 0.25) is 0 Å². The lowest BCUT2D eigenvalue weighted by atomic mass is 9.94. The van der Waals surface area contributed by atoms with E-state index in [1.807, 2.05) is 48.5 Å². The number of phenols is 1. The Morgan fingerprint density at radius 3 is 2.00 bits per heavy atom. The zero-order chi connectivity index (χ0) is 13.9. The van der Waals surface area contributed by atoms with Gasteiger partial charge in [-0.2, -0.15) is 0 Å². The molecule has 0 aromatic heterocycles. The van der Waals surface area contributed by atoms with Gasteiger partial charge in [0.1, 0.15) is 5.75 Å². The van der Waals surface area contributed by atoms with Crippen LogP contribution in [0.25, 0.3) is 22.3 Å². The number of hydrogen-bond acceptors (Lipinski definition) is 2. The van der Waals surface area contributed by atoms with Gasteiger partial charge in [-0.15, -0.1) is 0 Å². The smallest absolute Gasteiger partial charge is 0.115 e. The van der Waals surface area contributed by atoms with Crippen LogP contribution in [0.3, 0.4) is 0 Å². The molecule has 3 rings (SSSR count). The Morgan fingerprint density at radius 2 is 1.30 bits per heavy atom. The molecule has 0 fully saturated rings. The van der Waals surface area contributed by atoms with Crippen LogP contribution in [0.4, 0.5) is 5.69 Å². The maximum atomic E-state index is 9.42. The molecule has 2 nitrogen and oxygen atoms in total. The first-order chi connectivity index (χ1) is 9.74. The summed E-state index contributed by atoms with van der Waals surface area (Å²) in [5.41, 5.74) is 11.0. The monoisotopic (exact) mass is 261 g/mol. The van der Waals surface area contributed by atoms with Gasteiger partial charge in [0.15, 0.2) is 0 Å². The van der Waals surface area contributed by atoms with Crippen molar-refractivity contribution in [2.45, 2.75) is 0 Å². The third-order valence-electron chi connectivity index (χ3n) is 3.31. The van der Waals surface area contributed by atoms with Crippen LogP contribution in [0.1, 0.15) is 0 Å². The molecule has 3 aromatic carbocycles. The Labute approximate surface area is 118 Å². The Hall–Kier alpha value is -2.74. The number of phenolic OH excluding ortho intramolecular Hbond substituents is 1. The average molecular weight is 261 g/mol. The quantitative estimate of drug-likeness (QED) is 0.675. The lowest BCUT2D eigenvalue weighted by Crippen LogP contribution is -1.89. The predicted octanol–water partition coefficient (Wildman–Crippen LogP) is 4.31. The Morgan fingerprint density at radius 1 is 0.650 bits per heavy atom. The van der Waals surface area contributed by atoms with Gasteiger partial charge in [0.05, 0.1) is 0 Å². The predicted molar refractivity (Wildman–Crippen MR) is 83.4 cm³/mol. The van der Waals surface area contributed by atoms with Crippen molar-refractivity contribution in [1.82, 2.24) is 0 Å². The summed E-state index contributed by atoms with van der Waals surface area (Å²) in [6.45, 7) is 0. The fourth-order valence-electron chi connectivity index (χ4n) is 2.31. The standard InChI is InChI=1S/C18H15NO/c19-15-8-11-17(13-4-2-1-3-5-13)18(12-15)14-6-9-16(20)10-7-14/h1-12,20H,19H2. The third-order valence-corrected chi connectivity index (χ3v) is 3.31. The van der Waals surface area contributed by atoms with E-state index in [1.165, 1.54) is 0 Å². The molecule has 0 saturated heterocycles. The van der Waals surface area contributed by atoms with Gasteiger partial charge >= 0.3 is 0 Å². The molecule has 0 bridgehead atoms. The highest BCUT2D eigenvalue weighted by atomic mass is 16.3. The van der Waals surface area contributed by atoms with Crippen LogP contribution in [-0.2, 0) is 0 Å². The first-order valence-corrected chi connectivity index (χ1v) is 6.48. The highest BCUT2D eigenvalue weighted by molar-refractivity contribution is 5.85. The SMILES string of the molecule is Nc1ccc(-c2ccccc2)c(-c2ccc(O)cc2)c1. The van der Waals surface area contributed by atoms with Gasteiger partial charge in [0, 0.05) is 5.69 Å². The summed E-state index contributed by atoms with van der Waals surface area (Å²) in [4.78, 5) is 0. The summed E-state index contributed by atoms with van der Waals surface area (Å²) in [7, 11) is 0. The molecule has 0 heterocycles. The second-order valence-electron chi connectivity index (χ2n) is 4.72. The molecule has 98 valence electrons. The zero-order valence-electron chi connectivity index (χ0n) is 11.0. The lowest BCUT2D eigenvalue weighted by Gasteiger charge is -2.11. The minimum atomic E-state index is 0.263. The van der Waals surface area contributed by atoms with E-state index in [9.17, 15) is 5.11 Å². The van der Waals surface area contributed by atoms with Gasteiger partial charge in [0.25, 0.3) is 0 Å². The maximum Gasteiger partial charge on any atom is 0.115 e. The Bertz CT molecular complexity index is 718. The van der Waals surface area contributed by atoms with Gasteiger partial charge in [-0.25, -0.2) is 0 Å². The van der Waals surface area contributed by atoms with Crippen LogP contribution in [0.5, 0.6) is 5.75 Å². The van der Waals surface area contributed by atoms with Crippen LogP contribution in [-0.4, -0.2) is 5.11 Å². The maximum absolute atomic E-state index is 9.42. The lowest BCUT2D eigenvalue weighted by molar-refractivity contribution is 0.475. The number of benzene rings is 3. The molecular weight excluding hydrogens is 246 g/mol. The van der Waals surface area contributed by atoms with Crippen molar-refractivity contribution in [3.8, 4) is 28.0 Å². The van der Waals surface area contributed by atoms with Crippen LogP contribution in [0, 0.1) is 0 Å². The van der Waals surface area contributed by atoms with Crippen LogP contribution in [0.15, 0.2) is 72.8 Å². The molecule has 3 N–H and O–H groups in total. The second-order valence-corrected chi connectivity index (χ2v) is 4.72. The summed E-state index contributed by atoms with van der Waals surface area (Å²) in [5.74, 6) is 0.263. The average Bonchev–Trinajstić information content (AvgIpc) is 2.49. The molecule has 0 aliphatic heterocycles. The van der Waals surface area contributed by atoms with Crippen molar-refractivity contribution >= 4 is 5.69 Å². The third kappa shape index (κ3) is 2.36. The van der Waals surface area contributed by atoms with Gasteiger partial charge in [-0.05, 0) is 46.5 Å². The molecule has 0 spiro atoms. The van der Waals surface area contributed by atoms with Gasteiger partial charge in [-0.3, -0.25) is 0 Å². The van der Waals surface area contributed by atoms with Crippen molar-refractivity contribution < 1.29 is 5.11 Å². The molecule has 2 heteroatoms. The van der Waals surface area contributed by atoms with Crippen molar-refractivity contribution in [3.63, 3.8) is 0 Å². The van der Waals surface area contributed by atoms with Gasteiger partial charge < -0.3 is 10.8 Å². The summed E-state index contributed by atoms with van der Waals surface area (Å²) in [5, 5.41) is 9.42. The van der Waals surface area contributed by atoms with Gasteiger partial charge in [-0.1, -0.05) is 48.5 Å². The van der Waals surface area contributed by atoms with E-state index < -0.39 is 0 Å².